The number of guanidine groups is 1. The highest BCUT2D eigenvalue weighted by molar-refractivity contribution is 5.80. The Labute approximate surface area is 150 Å². The van der Waals surface area contributed by atoms with Crippen LogP contribution in [0.2, 0.25) is 0 Å². The first-order valence-corrected chi connectivity index (χ1v) is 9.05. The Morgan fingerprint density at radius 2 is 2.24 bits per heavy atom. The molecule has 1 aliphatic rings. The molecule has 140 valence electrons. The minimum atomic E-state index is -0.236. The number of ether oxygens (including phenoxy) is 2. The predicted octanol–water partition coefficient (Wildman–Crippen LogP) is 2.80. The summed E-state index contributed by atoms with van der Waals surface area (Å²) in [5.41, 5.74) is 1.55. The Kier molecular flexibility index (Phi) is 8.15. The lowest BCUT2D eigenvalue weighted by atomic mass is 10.1. The number of aliphatic imine (C=N–C) groups is 1. The molecule has 1 unspecified atom stereocenters. The van der Waals surface area contributed by atoms with Crippen LogP contribution in [0.1, 0.15) is 31.4 Å². The summed E-state index contributed by atoms with van der Waals surface area (Å²) in [5, 5.41) is 3.36. The number of likely N-dealkylation sites (tertiary alicyclic amines) is 1. The van der Waals surface area contributed by atoms with Gasteiger partial charge in [-0.1, -0.05) is 6.07 Å². The second-order valence-corrected chi connectivity index (χ2v) is 6.29. The van der Waals surface area contributed by atoms with Crippen LogP contribution in [0.5, 0.6) is 0 Å². The van der Waals surface area contributed by atoms with Gasteiger partial charge < -0.3 is 19.7 Å². The van der Waals surface area contributed by atoms with Crippen molar-refractivity contribution in [2.24, 2.45) is 10.9 Å². The van der Waals surface area contributed by atoms with Gasteiger partial charge in [0.1, 0.15) is 5.82 Å². The van der Waals surface area contributed by atoms with E-state index in [1.165, 1.54) is 6.07 Å². The van der Waals surface area contributed by atoms with Crippen molar-refractivity contribution in [1.29, 1.82) is 0 Å². The SMILES string of the molecule is CCNC(=NCc1ccc(F)c(COC)c1)N1CCC(COCC)C1. The van der Waals surface area contributed by atoms with Crippen LogP contribution in [0.3, 0.4) is 0 Å². The van der Waals surface area contributed by atoms with E-state index in [1.807, 2.05) is 13.0 Å². The van der Waals surface area contributed by atoms with Crippen LogP contribution in [-0.2, 0) is 22.6 Å². The molecule has 1 fully saturated rings. The minimum Gasteiger partial charge on any atom is -0.381 e. The van der Waals surface area contributed by atoms with Crippen LogP contribution in [0.4, 0.5) is 4.39 Å². The molecule has 0 bridgehead atoms. The van der Waals surface area contributed by atoms with Gasteiger partial charge >= 0.3 is 0 Å². The van der Waals surface area contributed by atoms with Crippen molar-refractivity contribution in [1.82, 2.24) is 10.2 Å². The highest BCUT2D eigenvalue weighted by atomic mass is 19.1. The van der Waals surface area contributed by atoms with E-state index in [1.54, 1.807) is 13.2 Å². The molecule has 0 amide bonds. The van der Waals surface area contributed by atoms with Crippen molar-refractivity contribution in [3.8, 4) is 0 Å². The maximum Gasteiger partial charge on any atom is 0.194 e. The number of methoxy groups -OCH3 is 1. The monoisotopic (exact) mass is 351 g/mol. The van der Waals surface area contributed by atoms with Gasteiger partial charge in [0.05, 0.1) is 19.8 Å². The van der Waals surface area contributed by atoms with Gasteiger partial charge in [-0.2, -0.15) is 0 Å². The Morgan fingerprint density at radius 1 is 1.40 bits per heavy atom. The summed E-state index contributed by atoms with van der Waals surface area (Å²) in [5.74, 6) is 1.24. The van der Waals surface area contributed by atoms with Crippen LogP contribution in [0, 0.1) is 11.7 Å². The number of nitrogens with zero attached hydrogens (tertiary/aromatic N) is 2. The van der Waals surface area contributed by atoms with E-state index >= 15 is 0 Å². The summed E-state index contributed by atoms with van der Waals surface area (Å²) in [4.78, 5) is 7.02. The summed E-state index contributed by atoms with van der Waals surface area (Å²) in [6.45, 7) is 9.23. The number of hydrogen-bond donors (Lipinski definition) is 1. The summed E-state index contributed by atoms with van der Waals surface area (Å²) >= 11 is 0. The fraction of sp³-hybridized carbons (Fsp3) is 0.632. The molecule has 1 saturated heterocycles. The van der Waals surface area contributed by atoms with Gasteiger partial charge in [-0.25, -0.2) is 9.38 Å². The fourth-order valence-corrected chi connectivity index (χ4v) is 3.03. The third kappa shape index (κ3) is 5.97. The molecule has 1 N–H and O–H groups in total. The summed E-state index contributed by atoms with van der Waals surface area (Å²) in [6, 6.07) is 5.09. The van der Waals surface area contributed by atoms with Crippen LogP contribution in [-0.4, -0.2) is 50.8 Å². The molecule has 6 heteroatoms. The molecule has 1 heterocycles. The van der Waals surface area contributed by atoms with Crippen molar-refractivity contribution in [2.45, 2.75) is 33.4 Å². The van der Waals surface area contributed by atoms with E-state index in [2.05, 4.69) is 17.1 Å². The zero-order chi connectivity index (χ0) is 18.1. The number of hydrogen-bond acceptors (Lipinski definition) is 3. The zero-order valence-corrected chi connectivity index (χ0v) is 15.6. The smallest absolute Gasteiger partial charge is 0.194 e. The van der Waals surface area contributed by atoms with Gasteiger partial charge in [-0.15, -0.1) is 0 Å². The molecular formula is C19H30FN3O2. The maximum atomic E-state index is 13.7. The summed E-state index contributed by atoms with van der Waals surface area (Å²) < 4.78 is 24.3. The number of benzene rings is 1. The largest absolute Gasteiger partial charge is 0.381 e. The first kappa shape index (κ1) is 19.7. The van der Waals surface area contributed by atoms with Crippen molar-refractivity contribution >= 4 is 5.96 Å². The third-order valence-electron chi connectivity index (χ3n) is 4.30. The molecule has 25 heavy (non-hydrogen) atoms. The molecule has 0 saturated carbocycles. The molecule has 5 nitrogen and oxygen atoms in total. The van der Waals surface area contributed by atoms with Crippen molar-refractivity contribution < 1.29 is 13.9 Å². The molecule has 1 aromatic rings. The Bertz CT molecular complexity index is 566. The topological polar surface area (TPSA) is 46.1 Å². The molecule has 1 aromatic carbocycles. The lowest BCUT2D eigenvalue weighted by molar-refractivity contribution is 0.114. The van der Waals surface area contributed by atoms with Crippen molar-refractivity contribution in [2.75, 3.05) is 40.0 Å². The lowest BCUT2D eigenvalue weighted by Gasteiger charge is -2.21. The summed E-state index contributed by atoms with van der Waals surface area (Å²) in [7, 11) is 1.57. The van der Waals surface area contributed by atoms with Gasteiger partial charge in [-0.3, -0.25) is 0 Å². The minimum absolute atomic E-state index is 0.236. The first-order chi connectivity index (χ1) is 12.2. The molecule has 0 spiro atoms. The number of rotatable bonds is 8. The van der Waals surface area contributed by atoms with E-state index in [9.17, 15) is 4.39 Å². The molecule has 1 aliphatic heterocycles. The average molecular weight is 351 g/mol. The Balaban J connectivity index is 2.01. The van der Waals surface area contributed by atoms with Gasteiger partial charge in [0, 0.05) is 44.8 Å². The second kappa shape index (κ2) is 10.4. The van der Waals surface area contributed by atoms with Gasteiger partial charge in [0.2, 0.25) is 0 Å². The number of halogens is 1. The highest BCUT2D eigenvalue weighted by Crippen LogP contribution is 2.17. The highest BCUT2D eigenvalue weighted by Gasteiger charge is 2.24. The predicted molar refractivity (Wildman–Crippen MR) is 98.1 cm³/mol. The van der Waals surface area contributed by atoms with E-state index in [0.717, 1.165) is 50.8 Å². The standard InChI is InChI=1S/C19H30FN3O2/c1-4-21-19(23-9-8-16(12-23)13-25-5-2)22-11-15-6-7-18(20)17(10-15)14-24-3/h6-7,10,16H,4-5,8-9,11-14H2,1-3H3,(H,21,22). The van der Waals surface area contributed by atoms with Gasteiger partial charge in [0.15, 0.2) is 5.96 Å². The van der Waals surface area contributed by atoms with Gasteiger partial charge in [0.25, 0.3) is 0 Å². The molecule has 0 aromatic heterocycles. The van der Waals surface area contributed by atoms with E-state index in [0.29, 0.717) is 18.0 Å². The van der Waals surface area contributed by atoms with Crippen molar-refractivity contribution in [3.05, 3.63) is 35.1 Å². The molecule has 0 radical (unpaired) electrons. The summed E-state index contributed by atoms with van der Waals surface area (Å²) in [6.07, 6.45) is 1.12. The molecular weight excluding hydrogens is 321 g/mol. The first-order valence-electron chi connectivity index (χ1n) is 9.05. The van der Waals surface area contributed by atoms with Crippen LogP contribution in [0.15, 0.2) is 23.2 Å². The Morgan fingerprint density at radius 3 is 2.96 bits per heavy atom. The number of nitrogens with one attached hydrogen (secondary N) is 1. The lowest BCUT2D eigenvalue weighted by Crippen LogP contribution is -2.40. The molecule has 2 rings (SSSR count). The van der Waals surface area contributed by atoms with Gasteiger partial charge in [-0.05, 0) is 38.0 Å². The van der Waals surface area contributed by atoms with E-state index < -0.39 is 0 Å². The van der Waals surface area contributed by atoms with E-state index in [4.69, 9.17) is 14.5 Å². The molecule has 0 aliphatic carbocycles. The second-order valence-electron chi connectivity index (χ2n) is 6.29. The fourth-order valence-electron chi connectivity index (χ4n) is 3.03. The zero-order valence-electron chi connectivity index (χ0n) is 15.6. The average Bonchev–Trinajstić information content (AvgIpc) is 3.08. The van der Waals surface area contributed by atoms with Crippen LogP contribution in [0.25, 0.3) is 0 Å². The molecule has 1 atom stereocenters. The van der Waals surface area contributed by atoms with E-state index in [-0.39, 0.29) is 12.4 Å². The Hall–Kier alpha value is -1.66. The quantitative estimate of drug-likeness (QED) is 0.578. The van der Waals surface area contributed by atoms with Crippen LogP contribution < -0.4 is 5.32 Å². The third-order valence-corrected chi connectivity index (χ3v) is 4.30. The normalized spacial score (nSPS) is 18.0. The maximum absolute atomic E-state index is 13.7. The van der Waals surface area contributed by atoms with Crippen LogP contribution >= 0.6 is 0 Å². The van der Waals surface area contributed by atoms with Crippen molar-refractivity contribution in [3.63, 3.8) is 0 Å².